The van der Waals surface area contributed by atoms with Crippen molar-refractivity contribution < 1.29 is 14.3 Å². The number of ether oxygens (including phenoxy) is 2. The molecule has 0 spiro atoms. The maximum Gasteiger partial charge on any atom is 0.271 e. The molecule has 19 heteroatoms. The number of primary amides is 1. The van der Waals surface area contributed by atoms with Gasteiger partial charge < -0.3 is 35.6 Å². The summed E-state index contributed by atoms with van der Waals surface area (Å²) >= 11 is 0. The summed E-state index contributed by atoms with van der Waals surface area (Å²) in [6, 6.07) is 5.76. The molecule has 3 saturated heterocycles. The Morgan fingerprint density at radius 3 is 2.15 bits per heavy atom. The van der Waals surface area contributed by atoms with Crippen molar-refractivity contribution in [2.75, 3.05) is 75.1 Å². The van der Waals surface area contributed by atoms with E-state index in [9.17, 15) is 4.79 Å². The second-order valence-electron chi connectivity index (χ2n) is 13.1. The molecule has 16 radical (unpaired) electrons. The Hall–Kier alpha value is -2.63. The summed E-state index contributed by atoms with van der Waals surface area (Å²) in [4.78, 5) is 28.9. The van der Waals surface area contributed by atoms with Gasteiger partial charge in [-0.15, -0.1) is 5.11 Å². The lowest BCUT2D eigenvalue weighted by Gasteiger charge is -2.43. The Balaban J connectivity index is 1.45. The summed E-state index contributed by atoms with van der Waals surface area (Å²) < 4.78 is 11.3. The summed E-state index contributed by atoms with van der Waals surface area (Å²) in [6.45, 7) is 6.95. The molecular weight excluding hydrogens is 595 g/mol. The summed E-state index contributed by atoms with van der Waals surface area (Å²) in [5.41, 5.74) is 6.54. The molecule has 11 nitrogen and oxygen atoms in total. The smallest absolute Gasteiger partial charge is 0.271 e. The molecular formula is C29H36B8N8O3. The minimum Gasteiger partial charge on any atom is -0.514 e. The van der Waals surface area contributed by atoms with Gasteiger partial charge in [-0.1, -0.05) is 5.21 Å². The minimum absolute atomic E-state index is 0.000488. The molecule has 48 heavy (non-hydrogen) atoms. The normalized spacial score (nSPS) is 19.6. The topological polar surface area (TPSA) is 121 Å². The van der Waals surface area contributed by atoms with Gasteiger partial charge in [-0.05, 0) is 50.2 Å². The fourth-order valence-corrected chi connectivity index (χ4v) is 6.24. The van der Waals surface area contributed by atoms with Gasteiger partial charge in [-0.25, -0.2) is 9.97 Å². The van der Waals surface area contributed by atoms with E-state index >= 15 is 0 Å². The van der Waals surface area contributed by atoms with Crippen LogP contribution < -0.4 is 26.0 Å². The zero-order valence-corrected chi connectivity index (χ0v) is 27.5. The van der Waals surface area contributed by atoms with Crippen LogP contribution in [0.3, 0.4) is 0 Å². The van der Waals surface area contributed by atoms with Gasteiger partial charge in [0, 0.05) is 76.3 Å². The summed E-state index contributed by atoms with van der Waals surface area (Å²) in [7, 11) is 50.3. The number of amides is 1. The Morgan fingerprint density at radius 1 is 0.917 bits per heavy atom. The van der Waals surface area contributed by atoms with Crippen LogP contribution >= 0.6 is 0 Å². The highest BCUT2D eigenvalue weighted by molar-refractivity contribution is 6.67. The van der Waals surface area contributed by atoms with Crippen LogP contribution in [0.4, 0.5) is 23.0 Å². The molecule has 3 aliphatic rings. The number of aromatic nitrogens is 2. The second kappa shape index (κ2) is 14.7. The standard InChI is InChI=1S/C29H36B8N8O3/c1-43-10-12-44(13-11-43)19-4-8-45(9-5-19)20-3-2-18(16-21(20)48-29(35,36)37)40-25-22(24(38)46)41-23(27(30,31)28(32,33)34)26(42-25)39-17-6-14-47-15-7-17/h2-3,16-17,19H,4-15H2,1H3,(H2,38,46)(H2,39,40,42). The number of hydrogen-bond acceptors (Lipinski definition) is 10. The number of rotatable bonds is 11. The lowest BCUT2D eigenvalue weighted by molar-refractivity contribution is 0.0903. The lowest BCUT2D eigenvalue weighted by atomic mass is 9.22. The maximum atomic E-state index is 12.7. The Morgan fingerprint density at radius 2 is 1.56 bits per heavy atom. The average Bonchev–Trinajstić information content (AvgIpc) is 3.01. The van der Waals surface area contributed by atoms with E-state index in [-0.39, 0.29) is 29.1 Å². The zero-order chi connectivity index (χ0) is 34.9. The largest absolute Gasteiger partial charge is 0.514 e. The molecule has 3 aliphatic heterocycles. The van der Waals surface area contributed by atoms with Crippen LogP contribution in [-0.2, 0) is 9.95 Å². The molecule has 0 atom stereocenters. The van der Waals surface area contributed by atoms with Crippen molar-refractivity contribution in [2.45, 2.75) is 53.4 Å². The molecule has 2 aromatic rings. The number of benzene rings is 1. The number of nitrogens with one attached hydrogen (secondary N) is 2. The molecule has 234 valence electrons. The van der Waals surface area contributed by atoms with Crippen molar-refractivity contribution in [3.8, 4) is 5.75 Å². The first-order valence-electron chi connectivity index (χ1n) is 16.2. The third kappa shape index (κ3) is 8.74. The molecule has 4 heterocycles. The number of hydrogen-bond donors (Lipinski definition) is 3. The first kappa shape index (κ1) is 36.6. The van der Waals surface area contributed by atoms with E-state index in [2.05, 4.69) is 42.3 Å². The van der Waals surface area contributed by atoms with E-state index in [4.69, 9.17) is 78.0 Å². The molecule has 0 unspecified atom stereocenters. The van der Waals surface area contributed by atoms with Gasteiger partial charge in [-0.3, -0.25) is 9.69 Å². The first-order chi connectivity index (χ1) is 22.5. The Labute approximate surface area is 294 Å². The molecule has 0 aliphatic carbocycles. The highest BCUT2D eigenvalue weighted by atomic mass is 16.5. The van der Waals surface area contributed by atoms with Gasteiger partial charge in [0.25, 0.3) is 5.91 Å². The molecule has 0 saturated carbocycles. The SMILES string of the molecule is [B]C([B])([B])Oc1cc(Nc2nc(NC3CCOCC3)c(C([B])([B])C([B])([B])[B])nc2C(N)=O)ccc1N1CCC(N2CCN(C)CC2)CC1. The van der Waals surface area contributed by atoms with Crippen LogP contribution in [0.25, 0.3) is 0 Å². The molecule has 1 aromatic carbocycles. The zero-order valence-electron chi connectivity index (χ0n) is 27.5. The fourth-order valence-electron chi connectivity index (χ4n) is 6.24. The van der Waals surface area contributed by atoms with Crippen LogP contribution in [0, 0.1) is 0 Å². The van der Waals surface area contributed by atoms with Crippen LogP contribution in [0.2, 0.25) is 5.11 Å². The van der Waals surface area contributed by atoms with E-state index in [1.807, 2.05) is 6.07 Å². The van der Waals surface area contributed by atoms with Crippen molar-refractivity contribution in [1.82, 2.24) is 19.8 Å². The predicted molar refractivity (Wildman–Crippen MR) is 196 cm³/mol. The molecule has 5 rings (SSSR count). The molecule has 4 N–H and O–H groups in total. The number of piperazine rings is 1. The van der Waals surface area contributed by atoms with Crippen molar-refractivity contribution >= 4 is 91.7 Å². The number of piperidine rings is 1. The maximum absolute atomic E-state index is 12.7. The van der Waals surface area contributed by atoms with E-state index in [1.165, 1.54) is 0 Å². The molecule has 1 amide bonds. The summed E-state index contributed by atoms with van der Waals surface area (Å²) in [5.74, 6) is -0.471. The lowest BCUT2D eigenvalue weighted by Crippen LogP contribution is -2.52. The first-order valence-corrected chi connectivity index (χ1v) is 16.2. The number of likely N-dealkylation sites (N-methyl/N-ethyl adjacent to an activating group) is 1. The number of nitrogens with zero attached hydrogens (tertiary/aromatic N) is 5. The van der Waals surface area contributed by atoms with E-state index in [0.29, 0.717) is 43.5 Å². The van der Waals surface area contributed by atoms with E-state index in [1.54, 1.807) is 12.1 Å². The third-order valence-electron chi connectivity index (χ3n) is 9.17. The second-order valence-corrected chi connectivity index (χ2v) is 13.1. The van der Waals surface area contributed by atoms with Crippen LogP contribution in [-0.4, -0.2) is 165 Å². The number of anilines is 4. The van der Waals surface area contributed by atoms with Crippen molar-refractivity contribution in [3.05, 3.63) is 29.6 Å². The summed E-state index contributed by atoms with van der Waals surface area (Å²) in [6.07, 6.45) is 3.32. The summed E-state index contributed by atoms with van der Waals surface area (Å²) in [5, 5.41) is 0.173. The molecule has 3 fully saturated rings. The van der Waals surface area contributed by atoms with Gasteiger partial charge in [0.05, 0.1) is 50.6 Å². The Bertz CT molecular complexity index is 1440. The van der Waals surface area contributed by atoms with Gasteiger partial charge in [0.1, 0.15) is 35.1 Å². The third-order valence-corrected chi connectivity index (χ3v) is 9.17. The number of nitrogens with two attached hydrogens (primary N) is 1. The van der Waals surface area contributed by atoms with Crippen LogP contribution in [0.1, 0.15) is 41.9 Å². The predicted octanol–water partition coefficient (Wildman–Crippen LogP) is -1.31. The van der Waals surface area contributed by atoms with Gasteiger partial charge in [0.2, 0.25) is 0 Å². The average molecular weight is 631 g/mol. The fraction of sp³-hybridized carbons (Fsp3) is 0.621. The Kier molecular flexibility index (Phi) is 11.2. The van der Waals surface area contributed by atoms with Crippen molar-refractivity contribution in [1.29, 1.82) is 0 Å². The van der Waals surface area contributed by atoms with Gasteiger partial charge in [-0.2, -0.15) is 0 Å². The highest BCUT2D eigenvalue weighted by Crippen LogP contribution is 2.40. The molecule has 1 aromatic heterocycles. The minimum atomic E-state index is -2.14. The quantitative estimate of drug-likeness (QED) is 0.258. The molecule has 0 bridgehead atoms. The van der Waals surface area contributed by atoms with Gasteiger partial charge >= 0.3 is 0 Å². The van der Waals surface area contributed by atoms with Crippen LogP contribution in [0.5, 0.6) is 5.75 Å². The highest BCUT2D eigenvalue weighted by Gasteiger charge is 2.37. The van der Waals surface area contributed by atoms with Gasteiger partial charge in [0.15, 0.2) is 11.5 Å². The number of carbonyl (C=O) groups is 1. The number of carbonyl (C=O) groups excluding carboxylic acids is 1. The van der Waals surface area contributed by atoms with Crippen molar-refractivity contribution in [3.63, 3.8) is 0 Å². The van der Waals surface area contributed by atoms with E-state index < -0.39 is 21.5 Å². The van der Waals surface area contributed by atoms with Crippen molar-refractivity contribution in [2.24, 2.45) is 5.73 Å². The monoisotopic (exact) mass is 632 g/mol. The van der Waals surface area contributed by atoms with E-state index in [0.717, 1.165) is 57.8 Å². The van der Waals surface area contributed by atoms with Crippen LogP contribution in [0.15, 0.2) is 18.2 Å².